The predicted octanol–water partition coefficient (Wildman–Crippen LogP) is 5.75. The number of hydrogen-bond acceptors (Lipinski definition) is 4. The molecule has 0 saturated heterocycles. The predicted molar refractivity (Wildman–Crippen MR) is 131 cm³/mol. The molecule has 3 rings (SSSR count). The molecule has 6 nitrogen and oxygen atoms in total. The van der Waals surface area contributed by atoms with Crippen molar-refractivity contribution in [3.05, 3.63) is 84.2 Å². The number of halogens is 1. The van der Waals surface area contributed by atoms with Gasteiger partial charge in [-0.2, -0.15) is 0 Å². The Hall–Kier alpha value is -3.12. The van der Waals surface area contributed by atoms with Crippen LogP contribution in [-0.4, -0.2) is 37.8 Å². The summed E-state index contributed by atoms with van der Waals surface area (Å²) in [6.07, 6.45) is -1.60. The molecule has 2 aromatic carbocycles. The van der Waals surface area contributed by atoms with E-state index in [2.05, 4.69) is 6.58 Å². The Labute approximate surface area is 197 Å². The minimum absolute atomic E-state index is 0.161. The van der Waals surface area contributed by atoms with E-state index in [1.807, 2.05) is 44.2 Å². The Morgan fingerprint density at radius 1 is 1.03 bits per heavy atom. The van der Waals surface area contributed by atoms with E-state index in [4.69, 9.17) is 4.98 Å². The number of pyridine rings is 1. The van der Waals surface area contributed by atoms with Crippen LogP contribution in [0.3, 0.4) is 0 Å². The topological polar surface area (TPSA) is 108 Å². The zero-order valence-corrected chi connectivity index (χ0v) is 20.0. The quantitative estimate of drug-likeness (QED) is 0.352. The molecule has 1 heterocycles. The van der Waals surface area contributed by atoms with Crippen LogP contribution in [0.2, 0.25) is 0 Å². The minimum Gasteiger partial charge on any atom is -0.481 e. The molecule has 8 heteroatoms. The van der Waals surface area contributed by atoms with Crippen LogP contribution in [0.4, 0.5) is 4.39 Å². The first-order valence-corrected chi connectivity index (χ1v) is 12.5. The first-order valence-electron chi connectivity index (χ1n) is 10.7. The van der Waals surface area contributed by atoms with Crippen molar-refractivity contribution >= 4 is 18.7 Å². The van der Waals surface area contributed by atoms with Gasteiger partial charge >= 0.3 is 5.97 Å². The van der Waals surface area contributed by atoms with Crippen LogP contribution in [0.25, 0.3) is 27.8 Å². The highest BCUT2D eigenvalue weighted by atomic mass is 31.2. The van der Waals surface area contributed by atoms with E-state index < -0.39 is 30.9 Å². The monoisotopic (exact) mass is 483 g/mol. The molecule has 1 aromatic heterocycles. The van der Waals surface area contributed by atoms with Gasteiger partial charge in [-0.3, -0.25) is 9.36 Å². The van der Waals surface area contributed by atoms with E-state index in [0.29, 0.717) is 16.8 Å². The molecule has 0 spiro atoms. The smallest absolute Gasteiger partial charge is 0.319 e. The first-order chi connectivity index (χ1) is 15.9. The number of aliphatic hydroxyl groups excluding tert-OH is 1. The third kappa shape index (κ3) is 5.02. The van der Waals surface area contributed by atoms with Crippen molar-refractivity contribution in [1.82, 2.24) is 4.98 Å². The summed E-state index contributed by atoms with van der Waals surface area (Å²) in [5, 5.41) is 19.2. The summed E-state index contributed by atoms with van der Waals surface area (Å²) >= 11 is 0. The summed E-state index contributed by atoms with van der Waals surface area (Å²) < 4.78 is 27.2. The van der Waals surface area contributed by atoms with E-state index in [0.717, 1.165) is 12.5 Å². The van der Waals surface area contributed by atoms with Gasteiger partial charge in [0, 0.05) is 22.0 Å². The highest BCUT2D eigenvalue weighted by Gasteiger charge is 2.44. The molecule has 0 radical (unpaired) electrons. The van der Waals surface area contributed by atoms with Crippen molar-refractivity contribution in [3.63, 3.8) is 0 Å². The zero-order chi connectivity index (χ0) is 25.2. The number of aliphatic carboxylic acids is 1. The second-order valence-electron chi connectivity index (χ2n) is 8.44. The van der Waals surface area contributed by atoms with Crippen LogP contribution in [0.15, 0.2) is 67.2 Å². The van der Waals surface area contributed by atoms with E-state index in [1.54, 1.807) is 6.07 Å². The van der Waals surface area contributed by atoms with Crippen molar-refractivity contribution in [2.24, 2.45) is 0 Å². The summed E-state index contributed by atoms with van der Waals surface area (Å²) in [5.74, 6) is -2.23. The van der Waals surface area contributed by atoms with Gasteiger partial charge in [0.2, 0.25) is 7.37 Å². The van der Waals surface area contributed by atoms with Gasteiger partial charge in [-0.05, 0) is 48.7 Å². The average Bonchev–Trinajstić information content (AvgIpc) is 2.78. The highest BCUT2D eigenvalue weighted by molar-refractivity contribution is 7.70. The summed E-state index contributed by atoms with van der Waals surface area (Å²) in [5.41, 5.74) is 1.04. The number of carbonyl (C=O) groups is 1. The molecule has 0 aliphatic heterocycles. The number of aromatic nitrogens is 1. The molecule has 3 aromatic rings. The van der Waals surface area contributed by atoms with Crippen molar-refractivity contribution in [2.45, 2.75) is 38.5 Å². The highest BCUT2D eigenvalue weighted by Crippen LogP contribution is 2.61. The number of hydrogen-bond donors (Lipinski definition) is 3. The van der Waals surface area contributed by atoms with Crippen molar-refractivity contribution < 1.29 is 28.9 Å². The Morgan fingerprint density at radius 3 is 2.12 bits per heavy atom. The van der Waals surface area contributed by atoms with Crippen LogP contribution in [0.5, 0.6) is 0 Å². The zero-order valence-electron chi connectivity index (χ0n) is 19.1. The summed E-state index contributed by atoms with van der Waals surface area (Å²) in [7, 11) is -4.70. The fourth-order valence-electron chi connectivity index (χ4n) is 3.87. The number of benzene rings is 2. The maximum Gasteiger partial charge on any atom is 0.319 e. The van der Waals surface area contributed by atoms with Crippen LogP contribution in [-0.2, 0) is 9.36 Å². The van der Waals surface area contributed by atoms with Crippen LogP contribution >= 0.6 is 7.37 Å². The Morgan fingerprint density at radius 2 is 1.62 bits per heavy atom. The van der Waals surface area contributed by atoms with Crippen LogP contribution < -0.4 is 0 Å². The molecule has 178 valence electrons. The fraction of sp³-hybridized carbons (Fsp3) is 0.231. The Balaban J connectivity index is 2.36. The molecule has 34 heavy (non-hydrogen) atoms. The number of carboxylic acid groups (broad SMARTS) is 1. The third-order valence-corrected chi connectivity index (χ3v) is 8.03. The normalized spacial score (nSPS) is 14.9. The molecule has 3 atom stereocenters. The van der Waals surface area contributed by atoms with E-state index >= 15 is 0 Å². The minimum atomic E-state index is -4.70. The Bertz CT molecular complexity index is 1260. The van der Waals surface area contributed by atoms with E-state index in [-0.39, 0.29) is 22.5 Å². The molecule has 0 saturated carbocycles. The fourth-order valence-corrected chi connectivity index (χ4v) is 5.65. The third-order valence-electron chi connectivity index (χ3n) is 5.62. The van der Waals surface area contributed by atoms with Crippen LogP contribution in [0.1, 0.15) is 37.8 Å². The van der Waals surface area contributed by atoms with Crippen LogP contribution in [0, 0.1) is 5.82 Å². The van der Waals surface area contributed by atoms with Crippen molar-refractivity contribution in [2.75, 3.05) is 0 Å². The lowest BCUT2D eigenvalue weighted by Crippen LogP contribution is -2.32. The van der Waals surface area contributed by atoms with Gasteiger partial charge in [0.15, 0.2) is 5.66 Å². The Kier molecular flexibility index (Phi) is 7.51. The average molecular weight is 483 g/mol. The van der Waals surface area contributed by atoms with Gasteiger partial charge < -0.3 is 15.1 Å². The summed E-state index contributed by atoms with van der Waals surface area (Å²) in [6.45, 7) is 8.76. The number of aliphatic hydroxyl groups is 1. The van der Waals surface area contributed by atoms with E-state index in [9.17, 15) is 28.9 Å². The van der Waals surface area contributed by atoms with Crippen molar-refractivity contribution in [3.8, 4) is 22.5 Å². The van der Waals surface area contributed by atoms with Gasteiger partial charge in [-0.1, -0.05) is 50.8 Å². The lowest BCUT2D eigenvalue weighted by atomic mass is 9.92. The maximum absolute atomic E-state index is 13.7. The molecule has 0 amide bonds. The number of rotatable bonds is 8. The molecular weight excluding hydrogens is 456 g/mol. The van der Waals surface area contributed by atoms with Crippen molar-refractivity contribution in [1.29, 1.82) is 0 Å². The molecule has 0 aliphatic rings. The number of nitrogens with zero attached hydrogens (tertiary/aromatic N) is 1. The molecular formula is C26H27FNO5P. The SMILES string of the molecule is C=C(c1c(C(C)C)cc(-c2ccccc2)nc1-c1ccc(F)cc1)P(=O)(O)C(C(=O)O)C(C)O. The molecule has 0 fully saturated rings. The lowest BCUT2D eigenvalue weighted by molar-refractivity contribution is -0.138. The van der Waals surface area contributed by atoms with Gasteiger partial charge in [-0.15, -0.1) is 0 Å². The maximum atomic E-state index is 13.7. The van der Waals surface area contributed by atoms with Gasteiger partial charge in [0.05, 0.1) is 17.5 Å². The van der Waals surface area contributed by atoms with E-state index in [1.165, 1.54) is 24.3 Å². The van der Waals surface area contributed by atoms with Gasteiger partial charge in [-0.25, -0.2) is 9.37 Å². The molecule has 0 aliphatic carbocycles. The second-order valence-corrected chi connectivity index (χ2v) is 10.8. The molecule has 0 bridgehead atoms. The lowest BCUT2D eigenvalue weighted by Gasteiger charge is -2.27. The summed E-state index contributed by atoms with van der Waals surface area (Å²) in [4.78, 5) is 27.5. The second kappa shape index (κ2) is 10.0. The van der Waals surface area contributed by atoms with Gasteiger partial charge in [0.25, 0.3) is 0 Å². The van der Waals surface area contributed by atoms with Gasteiger partial charge in [0.1, 0.15) is 5.82 Å². The summed E-state index contributed by atoms with van der Waals surface area (Å²) in [6, 6.07) is 16.6. The first kappa shape index (κ1) is 25.5. The number of carboxylic acids is 1. The standard InChI is InChI=1S/C26H27FNO5P/c1-15(2)21-14-22(18-8-6-5-7-9-18)28-24(19-10-12-20(27)13-11-19)23(21)17(4)34(32,33)25(16(3)29)26(30)31/h5-16,25,29H,4H2,1-3H3,(H,30,31)(H,32,33). The largest absolute Gasteiger partial charge is 0.481 e. The molecule has 3 unspecified atom stereocenters. The molecule has 3 N–H and O–H groups in total.